The van der Waals surface area contributed by atoms with Gasteiger partial charge in [0, 0.05) is 30.2 Å². The first-order valence-corrected chi connectivity index (χ1v) is 4.87. The Morgan fingerprint density at radius 2 is 2.29 bits per heavy atom. The number of aliphatic carboxylic acids is 1. The van der Waals surface area contributed by atoms with Crippen LogP contribution in [0.1, 0.15) is 12.0 Å². The average Bonchev–Trinajstić information content (AvgIpc) is 2.09. The van der Waals surface area contributed by atoms with Gasteiger partial charge in [-0.2, -0.15) is 0 Å². The molecule has 0 aliphatic heterocycles. The Hall–Kier alpha value is -1.10. The fourth-order valence-electron chi connectivity index (χ4n) is 1.07. The van der Waals surface area contributed by atoms with Crippen molar-refractivity contribution in [1.29, 1.82) is 0 Å². The summed E-state index contributed by atoms with van der Waals surface area (Å²) in [4.78, 5) is 21.6. The Balaban J connectivity index is 2.93. The summed E-state index contributed by atoms with van der Waals surface area (Å²) >= 11 is 3.28. The molecule has 0 aromatic carbocycles. The van der Waals surface area contributed by atoms with Crippen molar-refractivity contribution in [2.24, 2.45) is 7.05 Å². The maximum atomic E-state index is 11.2. The SMILES string of the molecule is Cn1cc(Br)c(CCC(=O)O)cc1=O. The van der Waals surface area contributed by atoms with Crippen LogP contribution >= 0.6 is 15.9 Å². The van der Waals surface area contributed by atoms with E-state index in [1.54, 1.807) is 13.2 Å². The van der Waals surface area contributed by atoms with Gasteiger partial charge in [0.25, 0.3) is 5.56 Å². The molecule has 1 rings (SSSR count). The first kappa shape index (κ1) is 11.0. The molecule has 0 aliphatic carbocycles. The molecule has 0 fully saturated rings. The predicted molar refractivity (Wildman–Crippen MR) is 55.3 cm³/mol. The molecular formula is C9H10BrNO3. The van der Waals surface area contributed by atoms with Crippen LogP contribution in [0.5, 0.6) is 0 Å². The number of halogens is 1. The molecule has 0 unspecified atom stereocenters. The lowest BCUT2D eigenvalue weighted by Gasteiger charge is -2.04. The second-order valence-corrected chi connectivity index (χ2v) is 3.84. The van der Waals surface area contributed by atoms with Crippen LogP contribution < -0.4 is 5.56 Å². The van der Waals surface area contributed by atoms with E-state index < -0.39 is 5.97 Å². The number of nitrogens with zero attached hydrogens (tertiary/aromatic N) is 1. The van der Waals surface area contributed by atoms with Crippen LogP contribution in [0.25, 0.3) is 0 Å². The van der Waals surface area contributed by atoms with Crippen LogP contribution in [0.3, 0.4) is 0 Å². The van der Waals surface area contributed by atoms with Crippen molar-refractivity contribution in [3.05, 3.63) is 32.7 Å². The number of carboxylic acid groups (broad SMARTS) is 1. The summed E-state index contributed by atoms with van der Waals surface area (Å²) in [5.41, 5.74) is 0.601. The molecule has 1 N–H and O–H groups in total. The lowest BCUT2D eigenvalue weighted by atomic mass is 10.1. The van der Waals surface area contributed by atoms with Gasteiger partial charge in [-0.05, 0) is 27.9 Å². The topological polar surface area (TPSA) is 59.3 Å². The van der Waals surface area contributed by atoms with Gasteiger partial charge in [-0.3, -0.25) is 9.59 Å². The fraction of sp³-hybridized carbons (Fsp3) is 0.333. The summed E-state index contributed by atoms with van der Waals surface area (Å²) in [6.45, 7) is 0. The molecule has 76 valence electrons. The van der Waals surface area contributed by atoms with Gasteiger partial charge in [-0.1, -0.05) is 0 Å². The van der Waals surface area contributed by atoms with E-state index in [9.17, 15) is 9.59 Å². The fourth-order valence-corrected chi connectivity index (χ4v) is 1.69. The molecule has 0 spiro atoms. The van der Waals surface area contributed by atoms with Crippen LogP contribution in [0.2, 0.25) is 0 Å². The van der Waals surface area contributed by atoms with Gasteiger partial charge in [-0.15, -0.1) is 0 Å². The zero-order valence-corrected chi connectivity index (χ0v) is 9.24. The first-order chi connectivity index (χ1) is 6.50. The van der Waals surface area contributed by atoms with Crippen LogP contribution in [0.4, 0.5) is 0 Å². The van der Waals surface area contributed by atoms with Gasteiger partial charge in [0.05, 0.1) is 0 Å². The molecule has 0 radical (unpaired) electrons. The number of carboxylic acids is 1. The maximum Gasteiger partial charge on any atom is 0.303 e. The molecular weight excluding hydrogens is 250 g/mol. The largest absolute Gasteiger partial charge is 0.481 e. The number of pyridine rings is 1. The second-order valence-electron chi connectivity index (χ2n) is 2.99. The summed E-state index contributed by atoms with van der Waals surface area (Å²) in [5, 5.41) is 8.49. The van der Waals surface area contributed by atoms with E-state index >= 15 is 0 Å². The number of aromatic nitrogens is 1. The maximum absolute atomic E-state index is 11.2. The molecule has 0 atom stereocenters. The number of hydrogen-bond donors (Lipinski definition) is 1. The highest BCUT2D eigenvalue weighted by atomic mass is 79.9. The van der Waals surface area contributed by atoms with Crippen molar-refractivity contribution in [2.45, 2.75) is 12.8 Å². The van der Waals surface area contributed by atoms with Crippen molar-refractivity contribution < 1.29 is 9.90 Å². The molecule has 0 aliphatic rings. The van der Waals surface area contributed by atoms with E-state index in [-0.39, 0.29) is 12.0 Å². The van der Waals surface area contributed by atoms with Gasteiger partial charge in [0.1, 0.15) is 0 Å². The van der Waals surface area contributed by atoms with Crippen molar-refractivity contribution in [1.82, 2.24) is 4.57 Å². The summed E-state index contributed by atoms with van der Waals surface area (Å²) in [5.74, 6) is -0.863. The third-order valence-corrected chi connectivity index (χ3v) is 2.58. The van der Waals surface area contributed by atoms with Crippen molar-refractivity contribution in [3.8, 4) is 0 Å². The summed E-state index contributed by atoms with van der Waals surface area (Å²) in [7, 11) is 1.65. The number of aryl methyl sites for hydroxylation is 2. The molecule has 5 heteroatoms. The lowest BCUT2D eigenvalue weighted by molar-refractivity contribution is -0.136. The minimum atomic E-state index is -0.863. The number of hydrogen-bond acceptors (Lipinski definition) is 2. The molecule has 0 saturated carbocycles. The highest BCUT2D eigenvalue weighted by Gasteiger charge is 2.05. The van der Waals surface area contributed by atoms with E-state index in [4.69, 9.17) is 5.11 Å². The van der Waals surface area contributed by atoms with E-state index in [0.717, 1.165) is 10.0 Å². The van der Waals surface area contributed by atoms with Crippen LogP contribution in [0, 0.1) is 0 Å². The minimum absolute atomic E-state index is 0.0335. The summed E-state index contributed by atoms with van der Waals surface area (Å²) in [6, 6.07) is 1.45. The zero-order valence-electron chi connectivity index (χ0n) is 7.66. The molecule has 0 saturated heterocycles. The van der Waals surface area contributed by atoms with Crippen LogP contribution in [0.15, 0.2) is 21.5 Å². The van der Waals surface area contributed by atoms with E-state index in [2.05, 4.69) is 15.9 Å². The van der Waals surface area contributed by atoms with Crippen molar-refractivity contribution in [3.63, 3.8) is 0 Å². The third kappa shape index (κ3) is 2.70. The molecule has 0 amide bonds. The van der Waals surface area contributed by atoms with Gasteiger partial charge in [-0.25, -0.2) is 0 Å². The van der Waals surface area contributed by atoms with Gasteiger partial charge in [0.2, 0.25) is 0 Å². The predicted octanol–water partition coefficient (Wildman–Crippen LogP) is 1.17. The van der Waals surface area contributed by atoms with Gasteiger partial charge >= 0.3 is 5.97 Å². The lowest BCUT2D eigenvalue weighted by Crippen LogP contribution is -2.16. The van der Waals surface area contributed by atoms with Crippen molar-refractivity contribution >= 4 is 21.9 Å². The molecule has 0 bridgehead atoms. The quantitative estimate of drug-likeness (QED) is 0.887. The van der Waals surface area contributed by atoms with E-state index in [1.165, 1.54) is 10.6 Å². The van der Waals surface area contributed by atoms with Crippen LogP contribution in [-0.2, 0) is 18.3 Å². The van der Waals surface area contributed by atoms with Crippen LogP contribution in [-0.4, -0.2) is 15.6 Å². The Bertz CT molecular complexity index is 411. The standard InChI is InChI=1S/C9H10BrNO3/c1-11-5-7(10)6(4-8(11)12)2-3-9(13)14/h4-5H,2-3H2,1H3,(H,13,14). The third-order valence-electron chi connectivity index (χ3n) is 1.87. The van der Waals surface area contributed by atoms with Gasteiger partial charge in [0.15, 0.2) is 0 Å². The Morgan fingerprint density at radius 3 is 2.86 bits per heavy atom. The minimum Gasteiger partial charge on any atom is -0.481 e. The molecule has 1 heterocycles. The molecule has 4 nitrogen and oxygen atoms in total. The Morgan fingerprint density at radius 1 is 1.64 bits per heavy atom. The molecule has 14 heavy (non-hydrogen) atoms. The second kappa shape index (κ2) is 4.41. The number of rotatable bonds is 3. The smallest absolute Gasteiger partial charge is 0.303 e. The van der Waals surface area contributed by atoms with Gasteiger partial charge < -0.3 is 9.67 Å². The zero-order chi connectivity index (χ0) is 10.7. The highest BCUT2D eigenvalue weighted by molar-refractivity contribution is 9.10. The highest BCUT2D eigenvalue weighted by Crippen LogP contribution is 2.15. The van der Waals surface area contributed by atoms with Crippen molar-refractivity contribution in [2.75, 3.05) is 0 Å². The monoisotopic (exact) mass is 259 g/mol. The molecule has 1 aromatic rings. The summed E-state index contributed by atoms with van der Waals surface area (Å²) in [6.07, 6.45) is 2.04. The number of carbonyl (C=O) groups is 1. The first-order valence-electron chi connectivity index (χ1n) is 4.07. The van der Waals surface area contributed by atoms with E-state index in [1.807, 2.05) is 0 Å². The Kier molecular flexibility index (Phi) is 3.46. The van der Waals surface area contributed by atoms with E-state index in [0.29, 0.717) is 6.42 Å². The summed E-state index contributed by atoms with van der Waals surface area (Å²) < 4.78 is 2.20. The Labute approximate surface area is 89.3 Å². The molecule has 1 aromatic heterocycles. The normalized spacial score (nSPS) is 10.1. The average molecular weight is 260 g/mol.